The van der Waals surface area contributed by atoms with Gasteiger partial charge in [0.25, 0.3) is 0 Å². The van der Waals surface area contributed by atoms with Gasteiger partial charge >= 0.3 is 5.97 Å². The van der Waals surface area contributed by atoms with Crippen molar-refractivity contribution in [3.8, 4) is 0 Å². The van der Waals surface area contributed by atoms with E-state index in [0.29, 0.717) is 17.9 Å². The molecule has 0 spiro atoms. The third-order valence-electron chi connectivity index (χ3n) is 8.61. The Labute approximate surface area is 300 Å². The first kappa shape index (κ1) is 34.7. The summed E-state index contributed by atoms with van der Waals surface area (Å²) in [6, 6.07) is 37.7. The Kier molecular flexibility index (Phi) is 10.8. The zero-order valence-corrected chi connectivity index (χ0v) is 29.4. The van der Waals surface area contributed by atoms with E-state index in [1.165, 1.54) is 12.1 Å². The number of nitrogens with one attached hydrogen (secondary N) is 1. The summed E-state index contributed by atoms with van der Waals surface area (Å²) >= 11 is 19.2. The molecular weight excluding hydrogens is 699 g/mol. The second-order valence-electron chi connectivity index (χ2n) is 11.7. The number of aromatic nitrogens is 1. The van der Waals surface area contributed by atoms with Crippen molar-refractivity contribution in [2.45, 2.75) is 36.6 Å². The maximum atomic E-state index is 13.5. The van der Waals surface area contributed by atoms with Gasteiger partial charge in [0.2, 0.25) is 10.0 Å². The van der Waals surface area contributed by atoms with Gasteiger partial charge in [0.1, 0.15) is 4.90 Å². The van der Waals surface area contributed by atoms with Crippen molar-refractivity contribution < 1.29 is 18.3 Å². The van der Waals surface area contributed by atoms with E-state index in [1.54, 1.807) is 18.2 Å². The Bertz CT molecular complexity index is 2150. The molecule has 0 amide bonds. The van der Waals surface area contributed by atoms with Gasteiger partial charge in [0.15, 0.2) is 0 Å². The zero-order valence-electron chi connectivity index (χ0n) is 26.3. The van der Waals surface area contributed by atoms with Crippen LogP contribution in [-0.2, 0) is 29.3 Å². The van der Waals surface area contributed by atoms with Crippen molar-refractivity contribution >= 4 is 61.7 Å². The second kappa shape index (κ2) is 15.2. The number of carboxylic acids is 1. The highest BCUT2D eigenvalue weighted by Crippen LogP contribution is 2.38. The van der Waals surface area contributed by atoms with Crippen LogP contribution in [0.25, 0.3) is 10.9 Å². The van der Waals surface area contributed by atoms with Crippen LogP contribution in [0.5, 0.6) is 0 Å². The average Bonchev–Trinajstić information content (AvgIpc) is 3.37. The van der Waals surface area contributed by atoms with Crippen LogP contribution in [-0.4, -0.2) is 30.6 Å². The predicted octanol–water partition coefficient (Wildman–Crippen LogP) is 9.63. The van der Waals surface area contributed by atoms with Crippen LogP contribution >= 0.6 is 34.8 Å². The normalized spacial score (nSPS) is 11.8. The van der Waals surface area contributed by atoms with Gasteiger partial charge in [-0.15, -0.1) is 0 Å². The fraction of sp³-hybridized carbons (Fsp3) is 0.154. The first-order valence-corrected chi connectivity index (χ1v) is 18.4. The van der Waals surface area contributed by atoms with Gasteiger partial charge in [0, 0.05) is 34.6 Å². The van der Waals surface area contributed by atoms with Crippen LogP contribution in [0.1, 0.15) is 50.8 Å². The Morgan fingerprint density at radius 1 is 0.735 bits per heavy atom. The molecule has 6 rings (SSSR count). The zero-order chi connectivity index (χ0) is 34.5. The highest BCUT2D eigenvalue weighted by atomic mass is 35.5. The first-order chi connectivity index (χ1) is 23.6. The molecule has 2 N–H and O–H groups in total. The molecule has 0 saturated heterocycles. The molecule has 5 aromatic carbocycles. The van der Waals surface area contributed by atoms with Crippen molar-refractivity contribution in [1.82, 2.24) is 9.29 Å². The molecule has 1 heterocycles. The molecule has 49 heavy (non-hydrogen) atoms. The van der Waals surface area contributed by atoms with E-state index in [2.05, 4.69) is 33.6 Å². The molecular formula is C39H33Cl3N2O4S. The van der Waals surface area contributed by atoms with E-state index >= 15 is 0 Å². The lowest BCUT2D eigenvalue weighted by atomic mass is 9.97. The van der Waals surface area contributed by atoms with Crippen LogP contribution in [0.15, 0.2) is 126 Å². The van der Waals surface area contributed by atoms with E-state index in [0.717, 1.165) is 51.7 Å². The molecule has 6 nitrogen and oxygen atoms in total. The molecule has 6 aromatic rings. The monoisotopic (exact) mass is 730 g/mol. The molecule has 0 atom stereocenters. The van der Waals surface area contributed by atoms with E-state index < -0.39 is 16.0 Å². The summed E-state index contributed by atoms with van der Waals surface area (Å²) in [6.07, 6.45) is 2.55. The van der Waals surface area contributed by atoms with E-state index in [1.807, 2.05) is 66.7 Å². The molecule has 0 aliphatic heterocycles. The smallest absolute Gasteiger partial charge is 0.335 e. The van der Waals surface area contributed by atoms with E-state index in [4.69, 9.17) is 34.8 Å². The molecule has 10 heteroatoms. The maximum absolute atomic E-state index is 13.5. The van der Waals surface area contributed by atoms with Gasteiger partial charge in [0.05, 0.1) is 21.7 Å². The van der Waals surface area contributed by atoms with E-state index in [-0.39, 0.29) is 33.1 Å². The molecule has 0 radical (unpaired) electrons. The summed E-state index contributed by atoms with van der Waals surface area (Å²) in [5.41, 5.74) is 6.47. The van der Waals surface area contributed by atoms with Gasteiger partial charge in [-0.3, -0.25) is 0 Å². The quantitative estimate of drug-likeness (QED) is 0.124. The fourth-order valence-electron chi connectivity index (χ4n) is 6.41. The number of hydrogen-bond donors (Lipinski definition) is 2. The van der Waals surface area contributed by atoms with Crippen LogP contribution in [0.4, 0.5) is 0 Å². The Morgan fingerprint density at radius 3 is 1.94 bits per heavy atom. The lowest BCUT2D eigenvalue weighted by Crippen LogP contribution is -2.28. The average molecular weight is 732 g/mol. The number of hydrogen-bond acceptors (Lipinski definition) is 3. The maximum Gasteiger partial charge on any atom is 0.335 e. The second-order valence-corrected chi connectivity index (χ2v) is 14.7. The number of rotatable bonds is 13. The minimum atomic E-state index is -4.03. The summed E-state index contributed by atoms with van der Waals surface area (Å²) in [6.45, 7) is 0.0912. The SMILES string of the molecule is O=C(O)c1ccc(CCCc2c(CCNS(=O)(=O)c3c(Cl)cccc3Cl)n(C(c3ccccc3)c3ccccc3)c3ccc(Cl)cc23)cc1. The van der Waals surface area contributed by atoms with Gasteiger partial charge in [-0.05, 0) is 84.0 Å². The van der Waals surface area contributed by atoms with Gasteiger partial charge in [-0.1, -0.05) is 114 Å². The summed E-state index contributed by atoms with van der Waals surface area (Å²) in [4.78, 5) is 11.2. The van der Waals surface area contributed by atoms with Crippen molar-refractivity contribution in [2.24, 2.45) is 0 Å². The van der Waals surface area contributed by atoms with Gasteiger partial charge in [-0.25, -0.2) is 17.9 Å². The van der Waals surface area contributed by atoms with Crippen molar-refractivity contribution in [3.05, 3.63) is 170 Å². The van der Waals surface area contributed by atoms with Crippen LogP contribution in [0.2, 0.25) is 15.1 Å². The number of sulfonamides is 1. The summed E-state index contributed by atoms with van der Waals surface area (Å²) in [5, 5.41) is 11.0. The number of fused-ring (bicyclic) bond motifs is 1. The summed E-state index contributed by atoms with van der Waals surface area (Å²) in [7, 11) is -4.03. The number of aryl methyl sites for hydroxylation is 2. The topological polar surface area (TPSA) is 88.4 Å². The molecule has 0 bridgehead atoms. The Morgan fingerprint density at radius 2 is 1.35 bits per heavy atom. The molecule has 0 fully saturated rings. The highest BCUT2D eigenvalue weighted by Gasteiger charge is 2.27. The molecule has 0 unspecified atom stereocenters. The largest absolute Gasteiger partial charge is 0.478 e. The highest BCUT2D eigenvalue weighted by molar-refractivity contribution is 7.89. The summed E-state index contributed by atoms with van der Waals surface area (Å²) in [5.74, 6) is -0.959. The predicted molar refractivity (Wildman–Crippen MR) is 198 cm³/mol. The number of benzene rings is 5. The minimum absolute atomic E-state index is 0.0500. The summed E-state index contributed by atoms with van der Waals surface area (Å²) < 4.78 is 32.0. The standard InChI is InChI=1S/C39H33Cl3N2O4S/c40-30-21-22-35-32(25-30)31(14-7-9-26-17-19-29(20-18-26)39(45)46)36(23-24-43-49(47,48)38-33(41)15-8-16-34(38)42)44(35)37(27-10-3-1-4-11-27)28-12-5-2-6-13-28/h1-6,8,10-13,15-22,25,37,43H,7,9,14,23-24H2,(H,45,46). The van der Waals surface area contributed by atoms with Crippen molar-refractivity contribution in [2.75, 3.05) is 6.54 Å². The Hall–Kier alpha value is -4.11. The van der Waals surface area contributed by atoms with Crippen LogP contribution in [0.3, 0.4) is 0 Å². The van der Waals surface area contributed by atoms with Crippen LogP contribution < -0.4 is 4.72 Å². The van der Waals surface area contributed by atoms with E-state index in [9.17, 15) is 18.3 Å². The molecule has 0 aliphatic rings. The third kappa shape index (κ3) is 7.72. The molecule has 1 aromatic heterocycles. The van der Waals surface area contributed by atoms with Gasteiger partial charge in [-0.2, -0.15) is 0 Å². The van der Waals surface area contributed by atoms with Crippen molar-refractivity contribution in [1.29, 1.82) is 0 Å². The third-order valence-corrected chi connectivity index (χ3v) is 11.3. The fourth-order valence-corrected chi connectivity index (χ4v) is 8.75. The minimum Gasteiger partial charge on any atom is -0.478 e. The number of nitrogens with zero attached hydrogens (tertiary/aromatic N) is 1. The lowest BCUT2D eigenvalue weighted by molar-refractivity contribution is 0.0697. The number of carbonyl (C=O) groups is 1. The Balaban J connectivity index is 1.44. The number of aromatic carboxylic acids is 1. The number of halogens is 3. The molecule has 250 valence electrons. The lowest BCUT2D eigenvalue weighted by Gasteiger charge is -2.25. The van der Waals surface area contributed by atoms with Crippen molar-refractivity contribution in [3.63, 3.8) is 0 Å². The molecule has 0 saturated carbocycles. The van der Waals surface area contributed by atoms with Crippen LogP contribution in [0, 0.1) is 0 Å². The van der Waals surface area contributed by atoms with Gasteiger partial charge < -0.3 is 9.67 Å². The molecule has 0 aliphatic carbocycles. The first-order valence-electron chi connectivity index (χ1n) is 15.8. The number of carboxylic acid groups (broad SMARTS) is 1.